The minimum atomic E-state index is 0.551. The van der Waals surface area contributed by atoms with E-state index in [-0.39, 0.29) is 0 Å². The lowest BCUT2D eigenvalue weighted by atomic mass is 10.2. The third kappa shape index (κ3) is 2.81. The standard InChI is InChI=1S/C18H18N4/c19-16-12-7-13-17(18(16)20)22(15-10-5-2-6-11-15)21-14-8-3-1-4-9-14/h1-13,21H,19-20H2. The van der Waals surface area contributed by atoms with E-state index < -0.39 is 0 Å². The highest BCUT2D eigenvalue weighted by Crippen LogP contribution is 2.33. The summed E-state index contributed by atoms with van der Waals surface area (Å²) >= 11 is 0. The maximum atomic E-state index is 6.17. The molecule has 110 valence electrons. The molecule has 3 rings (SSSR count). The predicted molar refractivity (Wildman–Crippen MR) is 93.9 cm³/mol. The molecule has 0 saturated carbocycles. The fraction of sp³-hybridized carbons (Fsp3) is 0. The van der Waals surface area contributed by atoms with Gasteiger partial charge in [-0.2, -0.15) is 0 Å². The summed E-state index contributed by atoms with van der Waals surface area (Å²) in [4.78, 5) is 0. The Morgan fingerprint density at radius 2 is 1.32 bits per heavy atom. The molecule has 0 atom stereocenters. The molecule has 22 heavy (non-hydrogen) atoms. The summed E-state index contributed by atoms with van der Waals surface area (Å²) in [6.07, 6.45) is 0. The first-order chi connectivity index (χ1) is 10.8. The van der Waals surface area contributed by atoms with E-state index in [0.29, 0.717) is 11.4 Å². The molecule has 0 amide bonds. The number of anilines is 5. The van der Waals surface area contributed by atoms with Gasteiger partial charge in [0.1, 0.15) is 0 Å². The highest BCUT2D eigenvalue weighted by Gasteiger charge is 2.13. The van der Waals surface area contributed by atoms with E-state index in [9.17, 15) is 0 Å². The maximum absolute atomic E-state index is 6.17. The Morgan fingerprint density at radius 1 is 0.682 bits per heavy atom. The van der Waals surface area contributed by atoms with Gasteiger partial charge >= 0.3 is 0 Å². The minimum absolute atomic E-state index is 0.551. The number of para-hydroxylation sites is 3. The Kier molecular flexibility index (Phi) is 3.83. The van der Waals surface area contributed by atoms with Gasteiger partial charge in [0.2, 0.25) is 0 Å². The number of hydrogen-bond donors (Lipinski definition) is 3. The molecule has 0 bridgehead atoms. The van der Waals surface area contributed by atoms with Crippen LogP contribution in [0.3, 0.4) is 0 Å². The third-order valence-corrected chi connectivity index (χ3v) is 3.39. The minimum Gasteiger partial charge on any atom is -0.397 e. The van der Waals surface area contributed by atoms with Gasteiger partial charge in [0, 0.05) is 0 Å². The Hall–Kier alpha value is -3.14. The Bertz CT molecular complexity index is 742. The van der Waals surface area contributed by atoms with Crippen LogP contribution in [0, 0.1) is 0 Å². The molecule has 0 heterocycles. The summed E-state index contributed by atoms with van der Waals surface area (Å²) in [7, 11) is 0. The zero-order valence-corrected chi connectivity index (χ0v) is 12.1. The van der Waals surface area contributed by atoms with Gasteiger partial charge in [-0.15, -0.1) is 0 Å². The molecule has 3 aromatic carbocycles. The van der Waals surface area contributed by atoms with Crippen molar-refractivity contribution in [1.82, 2.24) is 0 Å². The summed E-state index contributed by atoms with van der Waals surface area (Å²) in [5.41, 5.74) is 19.4. The lowest BCUT2D eigenvalue weighted by molar-refractivity contribution is 1.17. The second-order valence-corrected chi connectivity index (χ2v) is 4.93. The van der Waals surface area contributed by atoms with Crippen molar-refractivity contribution in [2.45, 2.75) is 0 Å². The Labute approximate surface area is 130 Å². The van der Waals surface area contributed by atoms with Crippen molar-refractivity contribution in [2.24, 2.45) is 0 Å². The number of nitrogens with two attached hydrogens (primary N) is 2. The van der Waals surface area contributed by atoms with Gasteiger partial charge in [0.05, 0.1) is 28.4 Å². The van der Waals surface area contributed by atoms with Crippen molar-refractivity contribution >= 4 is 28.4 Å². The Balaban J connectivity index is 2.05. The van der Waals surface area contributed by atoms with E-state index in [0.717, 1.165) is 17.1 Å². The van der Waals surface area contributed by atoms with Crippen molar-refractivity contribution in [2.75, 3.05) is 21.9 Å². The Morgan fingerprint density at radius 3 is 2.00 bits per heavy atom. The van der Waals surface area contributed by atoms with Crippen LogP contribution in [0.4, 0.5) is 28.4 Å². The highest BCUT2D eigenvalue weighted by molar-refractivity contribution is 5.84. The second kappa shape index (κ2) is 6.10. The zero-order chi connectivity index (χ0) is 15.4. The fourth-order valence-electron chi connectivity index (χ4n) is 2.25. The third-order valence-electron chi connectivity index (χ3n) is 3.39. The summed E-state index contributed by atoms with van der Waals surface area (Å²) < 4.78 is 0. The second-order valence-electron chi connectivity index (χ2n) is 4.93. The lowest BCUT2D eigenvalue weighted by Crippen LogP contribution is -2.25. The molecule has 0 saturated heterocycles. The molecule has 5 N–H and O–H groups in total. The average molecular weight is 290 g/mol. The number of nitrogen functional groups attached to an aromatic ring is 2. The van der Waals surface area contributed by atoms with Crippen LogP contribution >= 0.6 is 0 Å². The normalized spacial score (nSPS) is 10.2. The molecule has 0 aliphatic heterocycles. The average Bonchev–Trinajstić information content (AvgIpc) is 2.57. The SMILES string of the molecule is Nc1cccc(N(Nc2ccccc2)c2ccccc2)c1N. The van der Waals surface area contributed by atoms with Gasteiger partial charge in [-0.25, -0.2) is 0 Å². The summed E-state index contributed by atoms with van der Waals surface area (Å²) in [6, 6.07) is 25.5. The van der Waals surface area contributed by atoms with Crippen LogP contribution in [0.15, 0.2) is 78.9 Å². The molecule has 4 heteroatoms. The number of hydrogen-bond acceptors (Lipinski definition) is 4. The van der Waals surface area contributed by atoms with E-state index in [1.807, 2.05) is 77.8 Å². The predicted octanol–water partition coefficient (Wildman–Crippen LogP) is 4.02. The van der Waals surface area contributed by atoms with Crippen molar-refractivity contribution in [3.63, 3.8) is 0 Å². The molecule has 0 aliphatic rings. The van der Waals surface area contributed by atoms with Crippen LogP contribution < -0.4 is 21.9 Å². The maximum Gasteiger partial charge on any atom is 0.0881 e. The van der Waals surface area contributed by atoms with Gasteiger partial charge in [0.25, 0.3) is 0 Å². The molecule has 3 aromatic rings. The van der Waals surface area contributed by atoms with Crippen LogP contribution in [-0.4, -0.2) is 0 Å². The number of hydrazine groups is 1. The lowest BCUT2D eigenvalue weighted by Gasteiger charge is -2.28. The molecule has 0 unspecified atom stereocenters. The van der Waals surface area contributed by atoms with Crippen LogP contribution in [0.5, 0.6) is 0 Å². The largest absolute Gasteiger partial charge is 0.397 e. The molecular formula is C18H18N4. The van der Waals surface area contributed by atoms with Crippen LogP contribution in [0.1, 0.15) is 0 Å². The molecule has 0 radical (unpaired) electrons. The number of nitrogens with one attached hydrogen (secondary N) is 1. The van der Waals surface area contributed by atoms with Crippen molar-refractivity contribution < 1.29 is 0 Å². The summed E-state index contributed by atoms with van der Waals surface area (Å²) in [6.45, 7) is 0. The quantitative estimate of drug-likeness (QED) is 0.501. The first kappa shape index (κ1) is 13.8. The van der Waals surface area contributed by atoms with Crippen LogP contribution in [0.2, 0.25) is 0 Å². The molecule has 0 fully saturated rings. The van der Waals surface area contributed by atoms with E-state index in [4.69, 9.17) is 11.5 Å². The molecule has 0 aliphatic carbocycles. The van der Waals surface area contributed by atoms with E-state index in [1.54, 1.807) is 6.07 Å². The van der Waals surface area contributed by atoms with E-state index in [2.05, 4.69) is 5.43 Å². The van der Waals surface area contributed by atoms with Gasteiger partial charge < -0.3 is 11.5 Å². The fourth-order valence-corrected chi connectivity index (χ4v) is 2.25. The number of rotatable bonds is 4. The molecular weight excluding hydrogens is 272 g/mol. The monoisotopic (exact) mass is 290 g/mol. The topological polar surface area (TPSA) is 67.3 Å². The highest BCUT2D eigenvalue weighted by atomic mass is 15.5. The van der Waals surface area contributed by atoms with Gasteiger partial charge in [-0.05, 0) is 36.4 Å². The van der Waals surface area contributed by atoms with Gasteiger partial charge in [-0.1, -0.05) is 42.5 Å². The molecule has 0 aromatic heterocycles. The molecule has 0 spiro atoms. The number of nitrogens with zero attached hydrogens (tertiary/aromatic N) is 1. The summed E-state index contributed by atoms with van der Waals surface area (Å²) in [5, 5.41) is 1.93. The first-order valence-corrected chi connectivity index (χ1v) is 7.06. The van der Waals surface area contributed by atoms with Gasteiger partial charge in [-0.3, -0.25) is 10.4 Å². The zero-order valence-electron chi connectivity index (χ0n) is 12.1. The first-order valence-electron chi connectivity index (χ1n) is 7.06. The van der Waals surface area contributed by atoms with Crippen LogP contribution in [-0.2, 0) is 0 Å². The number of benzene rings is 3. The smallest absolute Gasteiger partial charge is 0.0881 e. The van der Waals surface area contributed by atoms with Gasteiger partial charge in [0.15, 0.2) is 0 Å². The van der Waals surface area contributed by atoms with Crippen molar-refractivity contribution in [3.05, 3.63) is 78.9 Å². The van der Waals surface area contributed by atoms with Crippen molar-refractivity contribution in [3.8, 4) is 0 Å². The van der Waals surface area contributed by atoms with E-state index >= 15 is 0 Å². The van der Waals surface area contributed by atoms with E-state index in [1.165, 1.54) is 0 Å². The van der Waals surface area contributed by atoms with Crippen LogP contribution in [0.25, 0.3) is 0 Å². The summed E-state index contributed by atoms with van der Waals surface area (Å²) in [5.74, 6) is 0. The van der Waals surface area contributed by atoms with Crippen molar-refractivity contribution in [1.29, 1.82) is 0 Å². The molecule has 4 nitrogen and oxygen atoms in total.